The van der Waals surface area contributed by atoms with Gasteiger partial charge in [-0.15, -0.1) is 0 Å². The second-order valence-electron chi connectivity index (χ2n) is 8.07. The Morgan fingerprint density at radius 3 is 2.21 bits per heavy atom. The van der Waals surface area contributed by atoms with E-state index in [2.05, 4.69) is 0 Å². The van der Waals surface area contributed by atoms with Crippen LogP contribution in [0.25, 0.3) is 0 Å². The lowest BCUT2D eigenvalue weighted by Crippen LogP contribution is -2.39. The molecule has 0 bridgehead atoms. The fourth-order valence-corrected chi connectivity index (χ4v) is 5.18. The van der Waals surface area contributed by atoms with Gasteiger partial charge in [0.2, 0.25) is 0 Å². The Morgan fingerprint density at radius 2 is 1.62 bits per heavy atom. The molecule has 0 aromatic heterocycles. The highest BCUT2D eigenvalue weighted by Crippen LogP contribution is 2.31. The van der Waals surface area contributed by atoms with Gasteiger partial charge >= 0.3 is 12.1 Å². The van der Waals surface area contributed by atoms with Gasteiger partial charge in [0.05, 0.1) is 22.1 Å². The van der Waals surface area contributed by atoms with E-state index in [0.29, 0.717) is 10.6 Å². The zero-order valence-corrected chi connectivity index (χ0v) is 22.9. The first-order valence-corrected chi connectivity index (χ1v) is 13.4. The van der Waals surface area contributed by atoms with Crippen LogP contribution < -0.4 is 9.04 Å². The van der Waals surface area contributed by atoms with Crippen LogP contribution in [0.3, 0.4) is 0 Å². The number of ether oxygens (including phenoxy) is 3. The molecule has 11 nitrogen and oxygen atoms in total. The van der Waals surface area contributed by atoms with Gasteiger partial charge in [0.15, 0.2) is 0 Å². The minimum atomic E-state index is -4.27. The van der Waals surface area contributed by atoms with Crippen LogP contribution in [0.15, 0.2) is 71.6 Å². The van der Waals surface area contributed by atoms with Gasteiger partial charge in [-0.3, -0.25) is 19.2 Å². The predicted molar refractivity (Wildman–Crippen MR) is 143 cm³/mol. The molecule has 0 spiro atoms. The van der Waals surface area contributed by atoms with Crippen LogP contribution in [0, 0.1) is 10.1 Å². The lowest BCUT2D eigenvalue weighted by atomic mass is 10.2. The fourth-order valence-electron chi connectivity index (χ4n) is 3.32. The van der Waals surface area contributed by atoms with Crippen LogP contribution in [0.4, 0.5) is 16.2 Å². The number of sulfonamides is 1. The van der Waals surface area contributed by atoms with Gasteiger partial charge in [-0.1, -0.05) is 29.3 Å². The van der Waals surface area contributed by atoms with Gasteiger partial charge in [-0.2, -0.15) is 0 Å². The van der Waals surface area contributed by atoms with E-state index in [1.165, 1.54) is 68.4 Å². The van der Waals surface area contributed by atoms with Gasteiger partial charge in [0.25, 0.3) is 15.7 Å². The molecule has 0 radical (unpaired) electrons. The van der Waals surface area contributed by atoms with Crippen LogP contribution in [-0.4, -0.2) is 38.1 Å². The van der Waals surface area contributed by atoms with Gasteiger partial charge in [0.1, 0.15) is 18.5 Å². The van der Waals surface area contributed by atoms with Crippen LogP contribution in [-0.2, 0) is 30.9 Å². The van der Waals surface area contributed by atoms with Crippen molar-refractivity contribution in [1.82, 2.24) is 0 Å². The third-order valence-electron chi connectivity index (χ3n) is 5.12. The highest BCUT2D eigenvalue weighted by atomic mass is 35.5. The number of esters is 1. The van der Waals surface area contributed by atoms with Gasteiger partial charge in [0, 0.05) is 34.7 Å². The van der Waals surface area contributed by atoms with E-state index in [-0.39, 0.29) is 40.2 Å². The van der Waals surface area contributed by atoms with Crippen LogP contribution >= 0.6 is 23.2 Å². The van der Waals surface area contributed by atoms with Crippen molar-refractivity contribution < 1.29 is 37.1 Å². The molecule has 0 aliphatic rings. The zero-order chi connectivity index (χ0) is 28.7. The van der Waals surface area contributed by atoms with E-state index in [0.717, 1.165) is 16.4 Å². The molecule has 1 atom stereocenters. The molecule has 39 heavy (non-hydrogen) atoms. The first-order valence-electron chi connectivity index (χ1n) is 11.2. The number of non-ortho nitro benzene ring substituents is 1. The summed E-state index contributed by atoms with van der Waals surface area (Å²) in [5, 5.41) is 11.3. The molecule has 0 heterocycles. The molecule has 3 aromatic rings. The van der Waals surface area contributed by atoms with E-state index >= 15 is 0 Å². The second-order valence-corrected chi connectivity index (χ2v) is 10.8. The smallest absolute Gasteiger partial charge is 0.461 e. The van der Waals surface area contributed by atoms with Gasteiger partial charge < -0.3 is 14.2 Å². The molecular formula is C25H22Cl2N2O9S. The van der Waals surface area contributed by atoms with Crippen molar-refractivity contribution in [3.8, 4) is 5.75 Å². The summed E-state index contributed by atoms with van der Waals surface area (Å²) < 4.78 is 43.9. The van der Waals surface area contributed by atoms with Crippen LogP contribution in [0.1, 0.15) is 19.4 Å². The molecule has 3 aromatic carbocycles. The first-order chi connectivity index (χ1) is 18.4. The standard InChI is InChI=1S/C25H22Cl2N2O9S/c1-16(37-25(31)38-22-9-7-21(8-10-22)29(32)33)14-28(39(34,35)23-11-5-19(26)6-12-23)24-13-20(27)4-3-18(24)15-36-17(2)30/h3-13,16H,14-15H2,1-2H3/t16-/m1/s1. The number of benzene rings is 3. The number of carbonyl (C=O) groups excluding carboxylic acids is 2. The van der Waals surface area contributed by atoms with E-state index in [1.54, 1.807) is 0 Å². The molecule has 0 amide bonds. The molecule has 14 heteroatoms. The van der Waals surface area contributed by atoms with Gasteiger partial charge in [-0.05, 0) is 55.5 Å². The lowest BCUT2D eigenvalue weighted by molar-refractivity contribution is -0.384. The normalized spacial score (nSPS) is 11.8. The monoisotopic (exact) mass is 596 g/mol. The average molecular weight is 597 g/mol. The van der Waals surface area contributed by atoms with E-state index in [9.17, 15) is 28.1 Å². The highest BCUT2D eigenvalue weighted by Gasteiger charge is 2.30. The maximum absolute atomic E-state index is 13.8. The Bertz CT molecular complexity index is 1460. The summed E-state index contributed by atoms with van der Waals surface area (Å²) >= 11 is 12.1. The molecular weight excluding hydrogens is 575 g/mol. The van der Waals surface area contributed by atoms with Crippen molar-refractivity contribution in [2.24, 2.45) is 0 Å². The number of nitrogens with zero attached hydrogens (tertiary/aromatic N) is 2. The molecule has 0 aliphatic carbocycles. The maximum atomic E-state index is 13.8. The van der Waals surface area contributed by atoms with Gasteiger partial charge in [-0.25, -0.2) is 13.2 Å². The van der Waals surface area contributed by atoms with E-state index < -0.39 is 33.2 Å². The molecule has 0 N–H and O–H groups in total. The quantitative estimate of drug-likeness (QED) is 0.123. The summed E-state index contributed by atoms with van der Waals surface area (Å²) in [5.41, 5.74) is 0.226. The Kier molecular flexibility index (Phi) is 9.73. The maximum Gasteiger partial charge on any atom is 0.514 e. The molecule has 3 rings (SSSR count). The van der Waals surface area contributed by atoms with Crippen LogP contribution in [0.5, 0.6) is 5.75 Å². The Labute approximate surface area is 234 Å². The summed E-state index contributed by atoms with van der Waals surface area (Å²) in [6, 6.07) is 14.6. The number of halogens is 2. The summed E-state index contributed by atoms with van der Waals surface area (Å²) in [6.45, 7) is 2.03. The lowest BCUT2D eigenvalue weighted by Gasteiger charge is -2.29. The molecule has 0 aliphatic heterocycles. The van der Waals surface area contributed by atoms with Crippen molar-refractivity contribution in [1.29, 1.82) is 0 Å². The van der Waals surface area contributed by atoms with Crippen molar-refractivity contribution >= 4 is 56.7 Å². The number of nitro groups is 1. The summed E-state index contributed by atoms with van der Waals surface area (Å²) in [5.74, 6) is -0.587. The minimum Gasteiger partial charge on any atom is -0.461 e. The first kappa shape index (κ1) is 29.7. The highest BCUT2D eigenvalue weighted by molar-refractivity contribution is 7.92. The topological polar surface area (TPSA) is 142 Å². The molecule has 0 fully saturated rings. The molecule has 0 unspecified atom stereocenters. The Balaban J connectivity index is 1.90. The van der Waals surface area contributed by atoms with E-state index in [4.69, 9.17) is 37.4 Å². The Morgan fingerprint density at radius 1 is 1.00 bits per heavy atom. The Hall–Kier alpha value is -3.87. The SMILES string of the molecule is CC(=O)OCc1ccc(Cl)cc1N(C[C@@H](C)OC(=O)Oc1ccc([N+](=O)[O-])cc1)S(=O)(=O)c1ccc(Cl)cc1. The third kappa shape index (κ3) is 8.06. The summed E-state index contributed by atoms with van der Waals surface area (Å²) in [4.78, 5) is 33.9. The summed E-state index contributed by atoms with van der Waals surface area (Å²) in [7, 11) is -4.27. The number of hydrogen-bond donors (Lipinski definition) is 0. The third-order valence-corrected chi connectivity index (χ3v) is 7.40. The largest absolute Gasteiger partial charge is 0.514 e. The predicted octanol–water partition coefficient (Wildman–Crippen LogP) is 5.76. The average Bonchev–Trinajstić information content (AvgIpc) is 2.87. The van der Waals surface area contributed by atoms with Crippen LogP contribution in [0.2, 0.25) is 10.0 Å². The van der Waals surface area contributed by atoms with E-state index in [1.807, 2.05) is 0 Å². The molecule has 0 saturated heterocycles. The van der Waals surface area contributed by atoms with Crippen molar-refractivity contribution in [2.45, 2.75) is 31.5 Å². The second kappa shape index (κ2) is 12.8. The van der Waals surface area contributed by atoms with Crippen molar-refractivity contribution in [2.75, 3.05) is 10.8 Å². The number of rotatable bonds is 10. The molecule has 0 saturated carbocycles. The fraction of sp³-hybridized carbons (Fsp3) is 0.200. The van der Waals surface area contributed by atoms with Crippen molar-refractivity contribution in [3.63, 3.8) is 0 Å². The number of nitro benzene ring substituents is 1. The molecule has 206 valence electrons. The number of hydrogen-bond acceptors (Lipinski definition) is 9. The number of anilines is 1. The number of carbonyl (C=O) groups is 2. The zero-order valence-electron chi connectivity index (χ0n) is 20.6. The summed E-state index contributed by atoms with van der Waals surface area (Å²) in [6.07, 6.45) is -2.22. The minimum absolute atomic E-state index is 0.0121. The van der Waals surface area contributed by atoms with Crippen molar-refractivity contribution in [3.05, 3.63) is 92.5 Å².